The molecule has 0 radical (unpaired) electrons. The zero-order valence-corrected chi connectivity index (χ0v) is 19.5. The standard InChI is InChI=1S/C28H31NO4/c1-4-22(28(31)33-5-2)17-21-13-16-26(32-3)25(18-21)27(30)29-19-20-11-14-24(15-12-20)23-9-7-6-8-10-23/h6-16,18,22H,4-5,17,19H2,1-3H3,(H,29,30). The molecule has 3 rings (SSSR count). The molecule has 1 atom stereocenters. The second-order valence-corrected chi connectivity index (χ2v) is 7.84. The van der Waals surface area contributed by atoms with Crippen LogP contribution in [-0.4, -0.2) is 25.6 Å². The van der Waals surface area contributed by atoms with Crippen molar-refractivity contribution >= 4 is 11.9 Å². The lowest BCUT2D eigenvalue weighted by molar-refractivity contribution is -0.148. The number of rotatable bonds is 10. The van der Waals surface area contributed by atoms with E-state index in [1.165, 1.54) is 0 Å². The van der Waals surface area contributed by atoms with Gasteiger partial charge in [-0.3, -0.25) is 9.59 Å². The number of hydrogen-bond acceptors (Lipinski definition) is 4. The highest BCUT2D eigenvalue weighted by molar-refractivity contribution is 5.97. The van der Waals surface area contributed by atoms with E-state index < -0.39 is 0 Å². The average Bonchev–Trinajstić information content (AvgIpc) is 2.86. The van der Waals surface area contributed by atoms with Crippen molar-refractivity contribution in [1.82, 2.24) is 5.32 Å². The normalized spacial score (nSPS) is 11.5. The quantitative estimate of drug-likeness (QED) is 0.423. The molecule has 0 aliphatic rings. The maximum Gasteiger partial charge on any atom is 0.309 e. The van der Waals surface area contributed by atoms with Crippen LogP contribution in [0.25, 0.3) is 11.1 Å². The Bertz CT molecular complexity index is 1060. The second kappa shape index (κ2) is 11.9. The largest absolute Gasteiger partial charge is 0.496 e. The summed E-state index contributed by atoms with van der Waals surface area (Å²) < 4.78 is 10.6. The van der Waals surface area contributed by atoms with Crippen LogP contribution in [0, 0.1) is 5.92 Å². The van der Waals surface area contributed by atoms with Crippen molar-refractivity contribution < 1.29 is 19.1 Å². The Morgan fingerprint density at radius 3 is 2.18 bits per heavy atom. The van der Waals surface area contributed by atoms with E-state index in [9.17, 15) is 9.59 Å². The van der Waals surface area contributed by atoms with Gasteiger partial charge in [0.05, 0.1) is 25.2 Å². The predicted octanol–water partition coefficient (Wildman–Crippen LogP) is 5.42. The fourth-order valence-corrected chi connectivity index (χ4v) is 3.72. The zero-order chi connectivity index (χ0) is 23.6. The highest BCUT2D eigenvalue weighted by atomic mass is 16.5. The summed E-state index contributed by atoms with van der Waals surface area (Å²) in [5.74, 6) is -0.164. The fraction of sp³-hybridized carbons (Fsp3) is 0.286. The molecule has 0 fully saturated rings. The summed E-state index contributed by atoms with van der Waals surface area (Å²) in [5.41, 5.74) is 4.64. The van der Waals surface area contributed by atoms with Gasteiger partial charge in [-0.05, 0) is 54.2 Å². The maximum atomic E-state index is 12.9. The molecule has 1 unspecified atom stereocenters. The van der Waals surface area contributed by atoms with E-state index in [4.69, 9.17) is 9.47 Å². The predicted molar refractivity (Wildman–Crippen MR) is 130 cm³/mol. The van der Waals surface area contributed by atoms with Crippen molar-refractivity contribution in [3.63, 3.8) is 0 Å². The monoisotopic (exact) mass is 445 g/mol. The van der Waals surface area contributed by atoms with Gasteiger partial charge in [-0.1, -0.05) is 67.6 Å². The highest BCUT2D eigenvalue weighted by Gasteiger charge is 2.20. The number of benzene rings is 3. The maximum absolute atomic E-state index is 12.9. The van der Waals surface area contributed by atoms with E-state index in [1.54, 1.807) is 26.2 Å². The van der Waals surface area contributed by atoms with Gasteiger partial charge in [0.2, 0.25) is 0 Å². The van der Waals surface area contributed by atoms with E-state index in [0.29, 0.717) is 37.3 Å². The molecule has 3 aromatic carbocycles. The van der Waals surface area contributed by atoms with Crippen molar-refractivity contribution in [2.45, 2.75) is 33.2 Å². The lowest BCUT2D eigenvalue weighted by Gasteiger charge is -2.15. The minimum absolute atomic E-state index is 0.208. The first-order valence-electron chi connectivity index (χ1n) is 11.3. The highest BCUT2D eigenvalue weighted by Crippen LogP contribution is 2.23. The van der Waals surface area contributed by atoms with Crippen LogP contribution in [0.4, 0.5) is 0 Å². The first-order chi connectivity index (χ1) is 16.0. The van der Waals surface area contributed by atoms with Gasteiger partial charge in [-0.15, -0.1) is 0 Å². The summed E-state index contributed by atoms with van der Waals surface area (Å²) in [6, 6.07) is 23.8. The SMILES string of the molecule is CCOC(=O)C(CC)Cc1ccc(OC)c(C(=O)NCc2ccc(-c3ccccc3)cc2)c1. The fourth-order valence-electron chi connectivity index (χ4n) is 3.72. The molecule has 5 nitrogen and oxygen atoms in total. The number of carbonyl (C=O) groups is 2. The van der Waals surface area contributed by atoms with Crippen LogP contribution in [0.1, 0.15) is 41.8 Å². The molecule has 0 aromatic heterocycles. The van der Waals surface area contributed by atoms with Gasteiger partial charge >= 0.3 is 5.97 Å². The minimum Gasteiger partial charge on any atom is -0.496 e. The van der Waals surface area contributed by atoms with Crippen molar-refractivity contribution in [1.29, 1.82) is 0 Å². The van der Waals surface area contributed by atoms with E-state index in [1.807, 2.05) is 43.3 Å². The topological polar surface area (TPSA) is 64.6 Å². The van der Waals surface area contributed by atoms with Crippen molar-refractivity contribution in [2.75, 3.05) is 13.7 Å². The number of esters is 1. The molecule has 0 saturated carbocycles. The molecule has 0 spiro atoms. The Morgan fingerprint density at radius 1 is 0.879 bits per heavy atom. The van der Waals surface area contributed by atoms with Crippen molar-refractivity contribution in [3.05, 3.63) is 89.5 Å². The summed E-state index contributed by atoms with van der Waals surface area (Å²) in [5, 5.41) is 2.98. The molecule has 3 aromatic rings. The third kappa shape index (κ3) is 6.45. The summed E-state index contributed by atoms with van der Waals surface area (Å²) >= 11 is 0. The smallest absolute Gasteiger partial charge is 0.309 e. The number of methoxy groups -OCH3 is 1. The van der Waals surface area contributed by atoms with Crippen LogP contribution in [0.5, 0.6) is 5.75 Å². The Balaban J connectivity index is 1.68. The van der Waals surface area contributed by atoms with Crippen LogP contribution < -0.4 is 10.1 Å². The molecule has 0 bridgehead atoms. The summed E-state index contributed by atoms with van der Waals surface area (Å²) in [7, 11) is 1.54. The molecular weight excluding hydrogens is 414 g/mol. The number of ether oxygens (including phenoxy) is 2. The third-order valence-corrected chi connectivity index (χ3v) is 5.62. The van der Waals surface area contributed by atoms with Crippen LogP contribution in [0.3, 0.4) is 0 Å². The molecule has 0 heterocycles. The number of nitrogens with one attached hydrogen (secondary N) is 1. The van der Waals surface area contributed by atoms with Crippen LogP contribution >= 0.6 is 0 Å². The number of amides is 1. The molecular formula is C28H31NO4. The molecule has 0 saturated heterocycles. The molecule has 1 amide bonds. The second-order valence-electron chi connectivity index (χ2n) is 7.84. The van der Waals surface area contributed by atoms with E-state index >= 15 is 0 Å². The van der Waals surface area contributed by atoms with Gasteiger partial charge in [0.1, 0.15) is 5.75 Å². The summed E-state index contributed by atoms with van der Waals surface area (Å²) in [6.07, 6.45) is 1.19. The third-order valence-electron chi connectivity index (χ3n) is 5.62. The van der Waals surface area contributed by atoms with E-state index in [2.05, 4.69) is 29.6 Å². The van der Waals surface area contributed by atoms with Crippen molar-refractivity contribution in [2.24, 2.45) is 5.92 Å². The number of carbonyl (C=O) groups excluding carboxylic acids is 2. The first-order valence-corrected chi connectivity index (χ1v) is 11.3. The van der Waals surface area contributed by atoms with E-state index in [-0.39, 0.29) is 17.8 Å². The Hall–Kier alpha value is -3.60. The Labute approximate surface area is 195 Å². The van der Waals surface area contributed by atoms with Gasteiger partial charge in [0.15, 0.2) is 0 Å². The molecule has 1 N–H and O–H groups in total. The zero-order valence-electron chi connectivity index (χ0n) is 19.5. The average molecular weight is 446 g/mol. The van der Waals surface area contributed by atoms with Crippen LogP contribution in [0.15, 0.2) is 72.8 Å². The Kier molecular flexibility index (Phi) is 8.64. The lowest BCUT2D eigenvalue weighted by atomic mass is 9.95. The summed E-state index contributed by atoms with van der Waals surface area (Å²) in [6.45, 7) is 4.52. The molecule has 0 aliphatic heterocycles. The van der Waals surface area contributed by atoms with Crippen LogP contribution in [0.2, 0.25) is 0 Å². The summed E-state index contributed by atoms with van der Waals surface area (Å²) in [4.78, 5) is 25.1. The minimum atomic E-state index is -0.239. The van der Waals surface area contributed by atoms with Gasteiger partial charge < -0.3 is 14.8 Å². The van der Waals surface area contributed by atoms with Crippen LogP contribution in [-0.2, 0) is 22.5 Å². The van der Waals surface area contributed by atoms with E-state index in [0.717, 1.165) is 22.3 Å². The Morgan fingerprint density at radius 2 is 1.55 bits per heavy atom. The molecule has 0 aliphatic carbocycles. The first kappa shape index (κ1) is 24.1. The van der Waals surface area contributed by atoms with Crippen molar-refractivity contribution in [3.8, 4) is 16.9 Å². The van der Waals surface area contributed by atoms with Gasteiger partial charge in [-0.25, -0.2) is 0 Å². The van der Waals surface area contributed by atoms with Gasteiger partial charge in [-0.2, -0.15) is 0 Å². The lowest BCUT2D eigenvalue weighted by Crippen LogP contribution is -2.24. The molecule has 5 heteroatoms. The van der Waals surface area contributed by atoms with Gasteiger partial charge in [0, 0.05) is 6.54 Å². The molecule has 172 valence electrons. The number of hydrogen-bond donors (Lipinski definition) is 1. The molecule has 33 heavy (non-hydrogen) atoms. The van der Waals surface area contributed by atoms with Gasteiger partial charge in [0.25, 0.3) is 5.91 Å².